The van der Waals surface area contributed by atoms with Crippen LogP contribution in [-0.2, 0) is 0 Å². The summed E-state index contributed by atoms with van der Waals surface area (Å²) in [4.78, 5) is 2.60. The molecule has 1 aromatic carbocycles. The summed E-state index contributed by atoms with van der Waals surface area (Å²) in [7, 11) is 0. The van der Waals surface area contributed by atoms with Gasteiger partial charge in [-0.3, -0.25) is 0 Å². The van der Waals surface area contributed by atoms with Crippen molar-refractivity contribution in [3.05, 3.63) is 34.9 Å². The van der Waals surface area contributed by atoms with Gasteiger partial charge >= 0.3 is 0 Å². The minimum Gasteiger partial charge on any atom is -0.330 e. The molecule has 1 aliphatic rings. The Morgan fingerprint density at radius 1 is 1.21 bits per heavy atom. The van der Waals surface area contributed by atoms with Gasteiger partial charge in [-0.2, -0.15) is 0 Å². The van der Waals surface area contributed by atoms with E-state index in [1.165, 1.54) is 42.6 Å². The summed E-state index contributed by atoms with van der Waals surface area (Å²) in [6.07, 6.45) is 2.67. The molecule has 19 heavy (non-hydrogen) atoms. The third-order valence-electron chi connectivity index (χ3n) is 4.59. The number of hydrogen-bond acceptors (Lipinski definition) is 2. The summed E-state index contributed by atoms with van der Waals surface area (Å²) in [6.45, 7) is 11.1. The van der Waals surface area contributed by atoms with Crippen LogP contribution in [-0.4, -0.2) is 31.1 Å². The Bertz CT molecular complexity index is 385. The van der Waals surface area contributed by atoms with Gasteiger partial charge in [-0.25, -0.2) is 0 Å². The number of nitrogens with zero attached hydrogens (tertiary/aromatic N) is 1. The van der Waals surface area contributed by atoms with Crippen LogP contribution in [0.4, 0.5) is 0 Å². The van der Waals surface area contributed by atoms with Crippen LogP contribution in [0.5, 0.6) is 0 Å². The molecule has 1 aromatic rings. The van der Waals surface area contributed by atoms with Crippen LogP contribution in [0.1, 0.15) is 42.4 Å². The molecule has 2 heteroatoms. The lowest BCUT2D eigenvalue weighted by molar-refractivity contribution is 0.183. The van der Waals surface area contributed by atoms with E-state index < -0.39 is 0 Å². The molecular formula is C17H28N2. The smallest absolute Gasteiger partial charge is 0.00940 e. The van der Waals surface area contributed by atoms with Crippen molar-refractivity contribution in [1.29, 1.82) is 0 Å². The summed E-state index contributed by atoms with van der Waals surface area (Å²) >= 11 is 0. The summed E-state index contributed by atoms with van der Waals surface area (Å²) in [5, 5.41) is 0. The molecule has 2 nitrogen and oxygen atoms in total. The standard InChI is InChI=1S/C17H28N2/c1-13-7-9-19(10-8-13)12-16(11-18)17-14(2)5-4-6-15(17)3/h4-6,13,16H,7-12,18H2,1-3H3. The first-order chi connectivity index (χ1) is 9.11. The topological polar surface area (TPSA) is 29.3 Å². The van der Waals surface area contributed by atoms with Crippen molar-refractivity contribution >= 4 is 0 Å². The highest BCUT2D eigenvalue weighted by atomic mass is 15.1. The maximum atomic E-state index is 6.06. The zero-order valence-electron chi connectivity index (χ0n) is 12.7. The molecule has 1 unspecified atom stereocenters. The number of likely N-dealkylation sites (tertiary alicyclic amines) is 1. The first kappa shape index (κ1) is 14.5. The lowest BCUT2D eigenvalue weighted by Gasteiger charge is -2.33. The molecule has 1 fully saturated rings. The Kier molecular flexibility index (Phi) is 5.00. The van der Waals surface area contributed by atoms with Crippen LogP contribution in [0.25, 0.3) is 0 Å². The predicted octanol–water partition coefficient (Wildman–Crippen LogP) is 3.08. The largest absolute Gasteiger partial charge is 0.330 e. The summed E-state index contributed by atoms with van der Waals surface area (Å²) < 4.78 is 0. The Balaban J connectivity index is 2.08. The van der Waals surface area contributed by atoms with Gasteiger partial charge in [-0.15, -0.1) is 0 Å². The number of benzene rings is 1. The zero-order chi connectivity index (χ0) is 13.8. The van der Waals surface area contributed by atoms with Crippen LogP contribution in [0.2, 0.25) is 0 Å². The molecule has 0 saturated carbocycles. The SMILES string of the molecule is Cc1cccc(C)c1C(CN)CN1CCC(C)CC1. The molecule has 106 valence electrons. The van der Waals surface area contributed by atoms with E-state index in [9.17, 15) is 0 Å². The molecule has 0 amide bonds. The van der Waals surface area contributed by atoms with Gasteiger partial charge in [0, 0.05) is 19.0 Å². The summed E-state index contributed by atoms with van der Waals surface area (Å²) in [5.74, 6) is 1.38. The summed E-state index contributed by atoms with van der Waals surface area (Å²) in [5.41, 5.74) is 10.3. The van der Waals surface area contributed by atoms with Crippen molar-refractivity contribution in [3.8, 4) is 0 Å². The number of nitrogens with two attached hydrogens (primary N) is 1. The van der Waals surface area contributed by atoms with Gasteiger partial charge in [0.25, 0.3) is 0 Å². The van der Waals surface area contributed by atoms with E-state index in [0.29, 0.717) is 5.92 Å². The minimum absolute atomic E-state index is 0.481. The van der Waals surface area contributed by atoms with E-state index >= 15 is 0 Å². The van der Waals surface area contributed by atoms with Gasteiger partial charge in [0.05, 0.1) is 0 Å². The van der Waals surface area contributed by atoms with Crippen LogP contribution >= 0.6 is 0 Å². The lowest BCUT2D eigenvalue weighted by Crippen LogP contribution is -2.38. The quantitative estimate of drug-likeness (QED) is 0.901. The fourth-order valence-electron chi connectivity index (χ4n) is 3.31. The molecule has 1 atom stereocenters. The number of rotatable bonds is 4. The highest BCUT2D eigenvalue weighted by Gasteiger charge is 2.21. The van der Waals surface area contributed by atoms with Gasteiger partial charge in [0.2, 0.25) is 0 Å². The molecule has 0 bridgehead atoms. The molecule has 1 saturated heterocycles. The molecule has 1 heterocycles. The second-order valence-corrected chi connectivity index (χ2v) is 6.22. The third-order valence-corrected chi connectivity index (χ3v) is 4.59. The monoisotopic (exact) mass is 260 g/mol. The lowest BCUT2D eigenvalue weighted by atomic mass is 9.89. The van der Waals surface area contributed by atoms with Crippen LogP contribution < -0.4 is 5.73 Å². The molecule has 0 radical (unpaired) electrons. The van der Waals surface area contributed by atoms with Gasteiger partial charge in [-0.1, -0.05) is 25.1 Å². The molecule has 0 aromatic heterocycles. The van der Waals surface area contributed by atoms with Crippen LogP contribution in [0.15, 0.2) is 18.2 Å². The van der Waals surface area contributed by atoms with Gasteiger partial charge in [0.15, 0.2) is 0 Å². The number of aryl methyl sites for hydroxylation is 2. The number of hydrogen-bond donors (Lipinski definition) is 1. The molecular weight excluding hydrogens is 232 g/mol. The van der Waals surface area contributed by atoms with Crippen LogP contribution in [0.3, 0.4) is 0 Å². The van der Waals surface area contributed by atoms with E-state index in [0.717, 1.165) is 19.0 Å². The predicted molar refractivity (Wildman–Crippen MR) is 82.5 cm³/mol. The fraction of sp³-hybridized carbons (Fsp3) is 0.647. The van der Waals surface area contributed by atoms with E-state index in [-0.39, 0.29) is 0 Å². The normalized spacial score (nSPS) is 19.6. The van der Waals surface area contributed by atoms with Crippen molar-refractivity contribution in [2.75, 3.05) is 26.2 Å². The highest BCUT2D eigenvalue weighted by Crippen LogP contribution is 2.26. The van der Waals surface area contributed by atoms with E-state index in [1.54, 1.807) is 0 Å². The van der Waals surface area contributed by atoms with Gasteiger partial charge in [0.1, 0.15) is 0 Å². The zero-order valence-corrected chi connectivity index (χ0v) is 12.7. The van der Waals surface area contributed by atoms with Crippen molar-refractivity contribution in [1.82, 2.24) is 4.90 Å². The number of piperidine rings is 1. The average molecular weight is 260 g/mol. The molecule has 0 spiro atoms. The fourth-order valence-corrected chi connectivity index (χ4v) is 3.31. The van der Waals surface area contributed by atoms with E-state index in [1.807, 2.05) is 0 Å². The van der Waals surface area contributed by atoms with Crippen molar-refractivity contribution in [2.45, 2.75) is 39.5 Å². The highest BCUT2D eigenvalue weighted by molar-refractivity contribution is 5.37. The first-order valence-electron chi connectivity index (χ1n) is 7.60. The van der Waals surface area contributed by atoms with Gasteiger partial charge < -0.3 is 10.6 Å². The Hall–Kier alpha value is -0.860. The minimum atomic E-state index is 0.481. The molecule has 2 rings (SSSR count). The van der Waals surface area contributed by atoms with Crippen molar-refractivity contribution in [2.24, 2.45) is 11.7 Å². The second kappa shape index (κ2) is 6.53. The Morgan fingerprint density at radius 2 is 1.79 bits per heavy atom. The maximum Gasteiger partial charge on any atom is 0.00940 e. The van der Waals surface area contributed by atoms with Crippen molar-refractivity contribution in [3.63, 3.8) is 0 Å². The second-order valence-electron chi connectivity index (χ2n) is 6.22. The molecule has 0 aliphatic carbocycles. The maximum absolute atomic E-state index is 6.06. The Labute approximate surface area is 118 Å². The molecule has 1 aliphatic heterocycles. The Morgan fingerprint density at radius 3 is 2.32 bits per heavy atom. The average Bonchev–Trinajstić information content (AvgIpc) is 2.39. The first-order valence-corrected chi connectivity index (χ1v) is 7.60. The van der Waals surface area contributed by atoms with E-state index in [2.05, 4.69) is 43.9 Å². The van der Waals surface area contributed by atoms with Crippen molar-refractivity contribution < 1.29 is 0 Å². The molecule has 2 N–H and O–H groups in total. The van der Waals surface area contributed by atoms with Gasteiger partial charge in [-0.05, 0) is 62.4 Å². The third kappa shape index (κ3) is 3.58. The van der Waals surface area contributed by atoms with Crippen LogP contribution in [0, 0.1) is 19.8 Å². The summed E-state index contributed by atoms with van der Waals surface area (Å²) in [6, 6.07) is 6.57. The van der Waals surface area contributed by atoms with E-state index in [4.69, 9.17) is 5.73 Å².